The highest BCUT2D eigenvalue weighted by atomic mass is 19.1. The van der Waals surface area contributed by atoms with Gasteiger partial charge in [-0.15, -0.1) is 0 Å². The van der Waals surface area contributed by atoms with Gasteiger partial charge in [0.05, 0.1) is 13.0 Å². The zero-order chi connectivity index (χ0) is 27.7. The standard InChI is InChI=1S/C34H37FO4/c1-21(33(36)37)26-8-5-7-23-11-12-25(19-28(23)26)39-20-22-10-14-27(30-18-24(38-4)13-15-32(30)35)29(17-22)31-9-6-16-34(31,2)3/h9-15,17-19,21,26H,5-8,16,20H2,1-4H3,(H,36,37). The minimum absolute atomic E-state index is 0.00465. The van der Waals surface area contributed by atoms with Gasteiger partial charge in [-0.2, -0.15) is 0 Å². The first kappa shape index (κ1) is 27.0. The molecule has 0 aromatic heterocycles. The van der Waals surface area contributed by atoms with Crippen LogP contribution >= 0.6 is 0 Å². The van der Waals surface area contributed by atoms with E-state index in [9.17, 15) is 9.90 Å². The number of methoxy groups -OCH3 is 1. The van der Waals surface area contributed by atoms with E-state index >= 15 is 4.39 Å². The van der Waals surface area contributed by atoms with Crippen molar-refractivity contribution in [3.8, 4) is 22.6 Å². The molecule has 0 aliphatic heterocycles. The largest absolute Gasteiger partial charge is 0.497 e. The maximum Gasteiger partial charge on any atom is 0.306 e. The maximum atomic E-state index is 15.1. The molecule has 2 aliphatic rings. The molecule has 2 atom stereocenters. The van der Waals surface area contributed by atoms with Crippen molar-refractivity contribution in [1.29, 1.82) is 0 Å². The van der Waals surface area contributed by atoms with Crippen molar-refractivity contribution in [2.45, 2.75) is 65.4 Å². The first-order valence-corrected chi connectivity index (χ1v) is 13.8. The lowest BCUT2D eigenvalue weighted by Gasteiger charge is -2.29. The van der Waals surface area contributed by atoms with E-state index in [4.69, 9.17) is 9.47 Å². The first-order chi connectivity index (χ1) is 18.7. The van der Waals surface area contributed by atoms with E-state index in [0.29, 0.717) is 17.9 Å². The Bertz CT molecular complexity index is 1420. The molecule has 39 heavy (non-hydrogen) atoms. The number of hydrogen-bond donors (Lipinski definition) is 1. The number of fused-ring (bicyclic) bond motifs is 1. The minimum Gasteiger partial charge on any atom is -0.497 e. The lowest BCUT2D eigenvalue weighted by atomic mass is 9.76. The van der Waals surface area contributed by atoms with Crippen molar-refractivity contribution < 1.29 is 23.8 Å². The number of carboxylic acids is 1. The van der Waals surface area contributed by atoms with Gasteiger partial charge in [0.25, 0.3) is 0 Å². The third-order valence-corrected chi connectivity index (χ3v) is 8.56. The summed E-state index contributed by atoms with van der Waals surface area (Å²) in [6, 6.07) is 17.1. The summed E-state index contributed by atoms with van der Waals surface area (Å²) in [4.78, 5) is 11.7. The van der Waals surface area contributed by atoms with Gasteiger partial charge in [0.1, 0.15) is 23.9 Å². The second-order valence-corrected chi connectivity index (χ2v) is 11.5. The van der Waals surface area contributed by atoms with Crippen molar-refractivity contribution in [1.82, 2.24) is 0 Å². The second kappa shape index (κ2) is 10.9. The predicted molar refractivity (Wildman–Crippen MR) is 153 cm³/mol. The van der Waals surface area contributed by atoms with Crippen molar-refractivity contribution in [2.75, 3.05) is 7.11 Å². The second-order valence-electron chi connectivity index (χ2n) is 11.5. The summed E-state index contributed by atoms with van der Waals surface area (Å²) in [7, 11) is 1.59. The lowest BCUT2D eigenvalue weighted by molar-refractivity contribution is -0.142. The van der Waals surface area contributed by atoms with E-state index in [1.54, 1.807) is 26.2 Å². The highest BCUT2D eigenvalue weighted by Crippen LogP contribution is 2.47. The Balaban J connectivity index is 1.46. The van der Waals surface area contributed by atoms with Gasteiger partial charge in [-0.3, -0.25) is 4.79 Å². The number of carboxylic acid groups (broad SMARTS) is 1. The van der Waals surface area contributed by atoms with Crippen LogP contribution in [0.3, 0.4) is 0 Å². The SMILES string of the molecule is COc1ccc(F)c(-c2ccc(COc3ccc4c(c3)C(C(C)C(=O)O)CCC4)cc2C2=CCCC2(C)C)c1. The molecule has 0 spiro atoms. The Hall–Kier alpha value is -3.60. The van der Waals surface area contributed by atoms with Gasteiger partial charge in [-0.25, -0.2) is 4.39 Å². The van der Waals surface area contributed by atoms with Crippen molar-refractivity contribution >= 4 is 11.5 Å². The van der Waals surface area contributed by atoms with E-state index in [2.05, 4.69) is 32.1 Å². The summed E-state index contributed by atoms with van der Waals surface area (Å²) in [6.07, 6.45) is 7.16. The molecule has 0 saturated heterocycles. The highest BCUT2D eigenvalue weighted by molar-refractivity contribution is 5.85. The molecule has 2 unspecified atom stereocenters. The van der Waals surface area contributed by atoms with Crippen LogP contribution in [0.2, 0.25) is 0 Å². The van der Waals surface area contributed by atoms with E-state index in [0.717, 1.165) is 60.1 Å². The fourth-order valence-corrected chi connectivity index (χ4v) is 6.20. The molecule has 2 aliphatic carbocycles. The molecular weight excluding hydrogens is 491 g/mol. The molecule has 0 fully saturated rings. The summed E-state index contributed by atoms with van der Waals surface area (Å²) in [5, 5.41) is 9.62. The molecule has 5 heteroatoms. The number of benzene rings is 3. The van der Waals surface area contributed by atoms with E-state index in [1.807, 2.05) is 24.3 Å². The summed E-state index contributed by atoms with van der Waals surface area (Å²) in [6.45, 7) is 6.63. The Morgan fingerprint density at radius 1 is 1.05 bits per heavy atom. The highest BCUT2D eigenvalue weighted by Gasteiger charge is 2.31. The molecule has 3 aromatic carbocycles. The summed E-state index contributed by atoms with van der Waals surface area (Å²) < 4.78 is 26.7. The predicted octanol–water partition coefficient (Wildman–Crippen LogP) is 8.42. The molecule has 0 heterocycles. The summed E-state index contributed by atoms with van der Waals surface area (Å²) >= 11 is 0. The van der Waals surface area contributed by atoms with Crippen LogP contribution in [0.1, 0.15) is 74.6 Å². The van der Waals surface area contributed by atoms with Gasteiger partial charge in [-0.05, 0) is 113 Å². The number of rotatable bonds is 8. The maximum absolute atomic E-state index is 15.1. The normalized spacial score (nSPS) is 18.7. The van der Waals surface area contributed by atoms with Gasteiger partial charge in [0.15, 0.2) is 0 Å². The Kier molecular flexibility index (Phi) is 7.53. The summed E-state index contributed by atoms with van der Waals surface area (Å²) in [5.41, 5.74) is 6.90. The van der Waals surface area contributed by atoms with E-state index in [-0.39, 0.29) is 17.2 Å². The fraction of sp³-hybridized carbons (Fsp3) is 0.382. The number of aliphatic carboxylic acids is 1. The molecule has 0 radical (unpaired) electrons. The zero-order valence-corrected chi connectivity index (χ0v) is 23.2. The van der Waals surface area contributed by atoms with E-state index in [1.165, 1.54) is 17.2 Å². The molecule has 0 saturated carbocycles. The number of halogens is 1. The van der Waals surface area contributed by atoms with Gasteiger partial charge >= 0.3 is 5.97 Å². The molecule has 4 nitrogen and oxygen atoms in total. The number of allylic oxidation sites excluding steroid dienone is 2. The molecule has 3 aromatic rings. The molecule has 5 rings (SSSR count). The topological polar surface area (TPSA) is 55.8 Å². The van der Waals surface area contributed by atoms with E-state index < -0.39 is 11.9 Å². The average Bonchev–Trinajstić information content (AvgIpc) is 3.29. The van der Waals surface area contributed by atoms with Crippen LogP contribution in [0, 0.1) is 17.2 Å². The quantitative estimate of drug-likeness (QED) is 0.319. The van der Waals surface area contributed by atoms with Crippen LogP contribution in [0.4, 0.5) is 4.39 Å². The smallest absolute Gasteiger partial charge is 0.306 e. The third-order valence-electron chi connectivity index (χ3n) is 8.56. The Morgan fingerprint density at radius 3 is 2.56 bits per heavy atom. The molecule has 0 amide bonds. The van der Waals surface area contributed by atoms with Crippen LogP contribution in [0.5, 0.6) is 11.5 Å². The number of ether oxygens (including phenoxy) is 2. The Morgan fingerprint density at radius 2 is 1.85 bits per heavy atom. The third kappa shape index (κ3) is 5.45. The van der Waals surface area contributed by atoms with Gasteiger partial charge in [-0.1, -0.05) is 45.0 Å². The first-order valence-electron chi connectivity index (χ1n) is 13.8. The van der Waals surface area contributed by atoms with Crippen LogP contribution in [-0.2, 0) is 17.8 Å². The van der Waals surface area contributed by atoms with Gasteiger partial charge in [0.2, 0.25) is 0 Å². The van der Waals surface area contributed by atoms with Crippen molar-refractivity contribution in [3.63, 3.8) is 0 Å². The van der Waals surface area contributed by atoms with Gasteiger partial charge in [0, 0.05) is 5.56 Å². The molecule has 1 N–H and O–H groups in total. The average molecular weight is 529 g/mol. The van der Waals surface area contributed by atoms with Crippen molar-refractivity contribution in [2.24, 2.45) is 11.3 Å². The molecule has 0 bridgehead atoms. The van der Waals surface area contributed by atoms with Gasteiger partial charge < -0.3 is 14.6 Å². The lowest BCUT2D eigenvalue weighted by Crippen LogP contribution is -2.23. The Labute approximate surface area is 230 Å². The molecule has 204 valence electrons. The monoisotopic (exact) mass is 528 g/mol. The number of aryl methyl sites for hydroxylation is 1. The summed E-state index contributed by atoms with van der Waals surface area (Å²) in [5.74, 6) is -0.125. The zero-order valence-electron chi connectivity index (χ0n) is 23.2. The van der Waals surface area contributed by atoms with Crippen LogP contribution in [-0.4, -0.2) is 18.2 Å². The van der Waals surface area contributed by atoms with Crippen molar-refractivity contribution in [3.05, 3.63) is 88.7 Å². The van der Waals surface area contributed by atoms with Crippen LogP contribution in [0.25, 0.3) is 16.7 Å². The van der Waals surface area contributed by atoms with Crippen LogP contribution in [0.15, 0.2) is 60.7 Å². The molecular formula is C34H37FO4. The minimum atomic E-state index is -0.761. The fourth-order valence-electron chi connectivity index (χ4n) is 6.20. The van der Waals surface area contributed by atoms with Crippen LogP contribution < -0.4 is 9.47 Å². The number of carbonyl (C=O) groups is 1. The number of hydrogen-bond acceptors (Lipinski definition) is 3.